The van der Waals surface area contributed by atoms with E-state index in [0.717, 1.165) is 28.0 Å². The van der Waals surface area contributed by atoms with E-state index in [9.17, 15) is 4.79 Å². The molecule has 1 aliphatic carbocycles. The van der Waals surface area contributed by atoms with Gasteiger partial charge in [0.2, 0.25) is 0 Å². The van der Waals surface area contributed by atoms with E-state index in [1.807, 2.05) is 61.5 Å². The fourth-order valence-corrected chi connectivity index (χ4v) is 2.55. The molecule has 0 atom stereocenters. The normalized spacial score (nSPS) is 15.4. The fraction of sp³-hybridized carbons (Fsp3) is 0.167. The highest BCUT2D eigenvalue weighted by molar-refractivity contribution is 6.15. The highest BCUT2D eigenvalue weighted by atomic mass is 16.5. The van der Waals surface area contributed by atoms with Gasteiger partial charge in [-0.25, -0.2) is 0 Å². The van der Waals surface area contributed by atoms with Crippen LogP contribution in [0.25, 0.3) is 6.08 Å². The Balaban J connectivity index is 1.97. The van der Waals surface area contributed by atoms with Crippen LogP contribution in [-0.4, -0.2) is 12.4 Å². The Hall–Kier alpha value is -2.35. The van der Waals surface area contributed by atoms with E-state index in [1.54, 1.807) is 0 Å². The van der Waals surface area contributed by atoms with Crippen molar-refractivity contribution in [3.05, 3.63) is 70.8 Å². The molecule has 1 aliphatic rings. The van der Waals surface area contributed by atoms with E-state index in [-0.39, 0.29) is 5.78 Å². The minimum absolute atomic E-state index is 0.131. The van der Waals surface area contributed by atoms with Gasteiger partial charge in [-0.05, 0) is 24.6 Å². The maximum Gasteiger partial charge on any atom is 0.189 e. The third-order valence-corrected chi connectivity index (χ3v) is 3.48. The summed E-state index contributed by atoms with van der Waals surface area (Å²) in [5.41, 5.74) is 3.73. The van der Waals surface area contributed by atoms with Gasteiger partial charge < -0.3 is 4.74 Å². The topological polar surface area (TPSA) is 26.3 Å². The summed E-state index contributed by atoms with van der Waals surface area (Å²) in [5, 5.41) is 0. The first kappa shape index (κ1) is 12.7. The van der Waals surface area contributed by atoms with Crippen LogP contribution in [0.4, 0.5) is 0 Å². The second kappa shape index (κ2) is 5.33. The second-order valence-corrected chi connectivity index (χ2v) is 4.80. The smallest absolute Gasteiger partial charge is 0.189 e. The van der Waals surface area contributed by atoms with E-state index < -0.39 is 0 Å². The Morgan fingerprint density at radius 1 is 1.10 bits per heavy atom. The Bertz CT molecular complexity index is 683. The lowest BCUT2D eigenvalue weighted by Crippen LogP contribution is -1.97. The van der Waals surface area contributed by atoms with Gasteiger partial charge in [-0.1, -0.05) is 42.5 Å². The van der Waals surface area contributed by atoms with Gasteiger partial charge in [0.05, 0.1) is 6.61 Å². The van der Waals surface area contributed by atoms with Crippen molar-refractivity contribution in [3.8, 4) is 5.75 Å². The summed E-state index contributed by atoms with van der Waals surface area (Å²) in [5.74, 6) is 0.957. The van der Waals surface area contributed by atoms with Crippen molar-refractivity contribution in [2.24, 2.45) is 0 Å². The minimum Gasteiger partial charge on any atom is -0.493 e. The summed E-state index contributed by atoms with van der Waals surface area (Å²) in [6, 6.07) is 15.6. The van der Waals surface area contributed by atoms with E-state index >= 15 is 0 Å². The zero-order valence-corrected chi connectivity index (χ0v) is 11.4. The molecule has 0 fully saturated rings. The average molecular weight is 264 g/mol. The van der Waals surface area contributed by atoms with E-state index in [0.29, 0.717) is 13.0 Å². The monoisotopic (exact) mass is 264 g/mol. The largest absolute Gasteiger partial charge is 0.493 e. The number of fused-ring (bicyclic) bond motifs is 1. The molecule has 2 nitrogen and oxygen atoms in total. The number of rotatable bonds is 3. The van der Waals surface area contributed by atoms with Crippen molar-refractivity contribution in [2.45, 2.75) is 13.3 Å². The molecule has 3 rings (SSSR count). The molecule has 0 aliphatic heterocycles. The molecule has 0 bridgehead atoms. The van der Waals surface area contributed by atoms with E-state index in [2.05, 4.69) is 0 Å². The molecule has 0 amide bonds. The van der Waals surface area contributed by atoms with Crippen LogP contribution < -0.4 is 4.74 Å². The Morgan fingerprint density at radius 2 is 1.85 bits per heavy atom. The molecule has 0 spiro atoms. The fourth-order valence-electron chi connectivity index (χ4n) is 2.55. The number of ketones is 1. The maximum atomic E-state index is 12.4. The number of carbonyl (C=O) groups excluding carboxylic acids is 1. The summed E-state index contributed by atoms with van der Waals surface area (Å²) >= 11 is 0. The summed E-state index contributed by atoms with van der Waals surface area (Å²) in [7, 11) is 0. The lowest BCUT2D eigenvalue weighted by molar-refractivity contribution is 0.104. The molecule has 0 saturated heterocycles. The predicted octanol–water partition coefficient (Wildman–Crippen LogP) is 3.91. The van der Waals surface area contributed by atoms with Crippen LogP contribution in [-0.2, 0) is 6.42 Å². The highest BCUT2D eigenvalue weighted by Gasteiger charge is 2.24. The molecular formula is C18H16O2. The lowest BCUT2D eigenvalue weighted by Gasteiger charge is -2.07. The summed E-state index contributed by atoms with van der Waals surface area (Å²) in [4.78, 5) is 12.4. The SMILES string of the molecule is CCOc1ccccc1/C=C1\Cc2ccccc2C1=O. The van der Waals surface area contributed by atoms with E-state index in [4.69, 9.17) is 4.74 Å². The number of carbonyl (C=O) groups is 1. The van der Waals surface area contributed by atoms with Crippen molar-refractivity contribution in [2.75, 3.05) is 6.61 Å². The third-order valence-electron chi connectivity index (χ3n) is 3.48. The van der Waals surface area contributed by atoms with Crippen LogP contribution in [0, 0.1) is 0 Å². The van der Waals surface area contributed by atoms with Crippen molar-refractivity contribution < 1.29 is 9.53 Å². The Labute approximate surface area is 118 Å². The van der Waals surface area contributed by atoms with Crippen molar-refractivity contribution >= 4 is 11.9 Å². The van der Waals surface area contributed by atoms with Gasteiger partial charge >= 0.3 is 0 Å². The number of ether oxygens (including phenoxy) is 1. The molecule has 0 saturated carbocycles. The molecule has 0 unspecified atom stereocenters. The molecule has 20 heavy (non-hydrogen) atoms. The maximum absolute atomic E-state index is 12.4. The first-order valence-corrected chi connectivity index (χ1v) is 6.84. The van der Waals surface area contributed by atoms with Gasteiger partial charge in [-0.15, -0.1) is 0 Å². The highest BCUT2D eigenvalue weighted by Crippen LogP contribution is 2.29. The molecule has 0 radical (unpaired) electrons. The standard InChI is InChI=1S/C18H16O2/c1-2-20-17-10-6-4-8-14(17)12-15-11-13-7-3-5-9-16(13)18(15)19/h3-10,12H,2,11H2,1H3/b15-12+. The van der Waals surface area contributed by atoms with Gasteiger partial charge in [-0.2, -0.15) is 0 Å². The zero-order valence-electron chi connectivity index (χ0n) is 11.4. The van der Waals surface area contributed by atoms with Gasteiger partial charge in [-0.3, -0.25) is 4.79 Å². The first-order chi connectivity index (χ1) is 9.79. The summed E-state index contributed by atoms with van der Waals surface area (Å²) < 4.78 is 5.60. The molecule has 2 aromatic rings. The van der Waals surface area contributed by atoms with Crippen molar-refractivity contribution in [3.63, 3.8) is 0 Å². The molecule has 2 heteroatoms. The number of benzene rings is 2. The molecule has 0 heterocycles. The number of para-hydroxylation sites is 1. The number of hydrogen-bond acceptors (Lipinski definition) is 2. The molecule has 100 valence electrons. The number of hydrogen-bond donors (Lipinski definition) is 0. The molecular weight excluding hydrogens is 248 g/mol. The van der Waals surface area contributed by atoms with Crippen molar-refractivity contribution in [1.82, 2.24) is 0 Å². The zero-order chi connectivity index (χ0) is 13.9. The van der Waals surface area contributed by atoms with Crippen LogP contribution in [0.3, 0.4) is 0 Å². The average Bonchev–Trinajstić information content (AvgIpc) is 2.79. The van der Waals surface area contributed by atoms with Crippen molar-refractivity contribution in [1.29, 1.82) is 0 Å². The first-order valence-electron chi connectivity index (χ1n) is 6.84. The van der Waals surface area contributed by atoms with Gasteiger partial charge in [0.15, 0.2) is 5.78 Å². The van der Waals surface area contributed by atoms with E-state index in [1.165, 1.54) is 0 Å². The van der Waals surface area contributed by atoms with Crippen LogP contribution in [0.5, 0.6) is 5.75 Å². The van der Waals surface area contributed by atoms with Gasteiger partial charge in [0, 0.05) is 23.1 Å². The number of Topliss-reactive ketones (excluding diaryl/α,β-unsaturated/α-hetero) is 1. The van der Waals surface area contributed by atoms with Gasteiger partial charge in [0.25, 0.3) is 0 Å². The van der Waals surface area contributed by atoms with Crippen LogP contribution >= 0.6 is 0 Å². The summed E-state index contributed by atoms with van der Waals surface area (Å²) in [6.07, 6.45) is 2.66. The lowest BCUT2D eigenvalue weighted by atomic mass is 10.1. The van der Waals surface area contributed by atoms with Crippen LogP contribution in [0.1, 0.15) is 28.4 Å². The molecule has 0 N–H and O–H groups in total. The quantitative estimate of drug-likeness (QED) is 0.786. The molecule has 2 aromatic carbocycles. The Kier molecular flexibility index (Phi) is 3.38. The third kappa shape index (κ3) is 2.25. The second-order valence-electron chi connectivity index (χ2n) is 4.80. The minimum atomic E-state index is 0.131. The number of allylic oxidation sites excluding steroid dienone is 1. The summed E-state index contributed by atoms with van der Waals surface area (Å²) in [6.45, 7) is 2.58. The Morgan fingerprint density at radius 3 is 2.65 bits per heavy atom. The molecule has 0 aromatic heterocycles. The van der Waals surface area contributed by atoms with Crippen LogP contribution in [0.15, 0.2) is 54.1 Å². The van der Waals surface area contributed by atoms with Gasteiger partial charge in [0.1, 0.15) is 5.75 Å². The predicted molar refractivity (Wildman–Crippen MR) is 80.1 cm³/mol. The van der Waals surface area contributed by atoms with Crippen LogP contribution in [0.2, 0.25) is 0 Å².